The summed E-state index contributed by atoms with van der Waals surface area (Å²) in [5.74, 6) is 0. The van der Waals surface area contributed by atoms with Crippen molar-refractivity contribution in [3.05, 3.63) is 59.7 Å². The lowest BCUT2D eigenvalue weighted by Gasteiger charge is -2.31. The van der Waals surface area contributed by atoms with Gasteiger partial charge in [0.25, 0.3) is 0 Å². The Morgan fingerprint density at radius 2 is 1.67 bits per heavy atom. The first-order chi connectivity index (χ1) is 9.99. The first-order valence-electron chi connectivity index (χ1n) is 7.60. The molecule has 0 saturated carbocycles. The van der Waals surface area contributed by atoms with Crippen molar-refractivity contribution in [2.45, 2.75) is 26.3 Å². The second kappa shape index (κ2) is 5.10. The van der Waals surface area contributed by atoms with Gasteiger partial charge >= 0.3 is 0 Å². The standard InChI is InChI=1S/C19H24N2/c1-19(2)13-14-9-5-6-10-15(14)18(19)20-16-11-7-8-12-17(16)21(3)4/h5-12,18,20H,13H2,1-4H3. The van der Waals surface area contributed by atoms with E-state index >= 15 is 0 Å². The number of nitrogens with one attached hydrogen (secondary N) is 1. The average molecular weight is 280 g/mol. The van der Waals surface area contributed by atoms with Crippen LogP contribution in [0.3, 0.4) is 0 Å². The van der Waals surface area contributed by atoms with E-state index in [0.29, 0.717) is 6.04 Å². The molecule has 0 amide bonds. The van der Waals surface area contributed by atoms with Crippen molar-refractivity contribution in [1.29, 1.82) is 0 Å². The van der Waals surface area contributed by atoms with Crippen LogP contribution >= 0.6 is 0 Å². The van der Waals surface area contributed by atoms with Crippen molar-refractivity contribution < 1.29 is 0 Å². The summed E-state index contributed by atoms with van der Waals surface area (Å²) < 4.78 is 0. The van der Waals surface area contributed by atoms with E-state index in [9.17, 15) is 0 Å². The van der Waals surface area contributed by atoms with Gasteiger partial charge in [0.1, 0.15) is 0 Å². The summed E-state index contributed by atoms with van der Waals surface area (Å²) in [5.41, 5.74) is 5.58. The lowest BCUT2D eigenvalue weighted by Crippen LogP contribution is -2.25. The van der Waals surface area contributed by atoms with Gasteiger partial charge in [-0.05, 0) is 35.1 Å². The van der Waals surface area contributed by atoms with Gasteiger partial charge in [0.15, 0.2) is 0 Å². The highest BCUT2D eigenvalue weighted by atomic mass is 15.1. The Labute approximate surface area is 127 Å². The van der Waals surface area contributed by atoms with Crippen LogP contribution in [0.4, 0.5) is 11.4 Å². The molecule has 0 aliphatic heterocycles. The van der Waals surface area contributed by atoms with Crippen LogP contribution in [0.5, 0.6) is 0 Å². The number of rotatable bonds is 3. The van der Waals surface area contributed by atoms with Crippen molar-refractivity contribution in [2.24, 2.45) is 5.41 Å². The maximum atomic E-state index is 3.80. The topological polar surface area (TPSA) is 15.3 Å². The van der Waals surface area contributed by atoms with Crippen LogP contribution < -0.4 is 10.2 Å². The van der Waals surface area contributed by atoms with Crippen LogP contribution in [0, 0.1) is 5.41 Å². The van der Waals surface area contributed by atoms with Gasteiger partial charge < -0.3 is 10.2 Å². The summed E-state index contributed by atoms with van der Waals surface area (Å²) in [4.78, 5) is 2.16. The average Bonchev–Trinajstić information content (AvgIpc) is 2.70. The van der Waals surface area contributed by atoms with Crippen LogP contribution in [-0.2, 0) is 6.42 Å². The third kappa shape index (κ3) is 2.51. The molecule has 3 rings (SSSR count). The molecule has 2 aromatic rings. The third-order valence-corrected chi connectivity index (χ3v) is 4.48. The maximum absolute atomic E-state index is 3.80. The summed E-state index contributed by atoms with van der Waals surface area (Å²) in [7, 11) is 4.18. The van der Waals surface area contributed by atoms with Crippen LogP contribution in [-0.4, -0.2) is 14.1 Å². The summed E-state index contributed by atoms with van der Waals surface area (Å²) >= 11 is 0. The Kier molecular flexibility index (Phi) is 3.40. The maximum Gasteiger partial charge on any atom is 0.0596 e. The second-order valence-electron chi connectivity index (χ2n) is 6.85. The molecule has 1 unspecified atom stereocenters. The zero-order valence-electron chi connectivity index (χ0n) is 13.4. The fourth-order valence-corrected chi connectivity index (χ4v) is 3.40. The van der Waals surface area contributed by atoms with Crippen LogP contribution in [0.25, 0.3) is 0 Å². The lowest BCUT2D eigenvalue weighted by atomic mass is 9.85. The number of hydrogen-bond donors (Lipinski definition) is 1. The van der Waals surface area contributed by atoms with E-state index in [1.165, 1.54) is 22.5 Å². The molecule has 0 spiro atoms. The minimum Gasteiger partial charge on any atom is -0.376 e. The van der Waals surface area contributed by atoms with Gasteiger partial charge in [-0.15, -0.1) is 0 Å². The van der Waals surface area contributed by atoms with Gasteiger partial charge in [-0.2, -0.15) is 0 Å². The van der Waals surface area contributed by atoms with Gasteiger partial charge in [-0.3, -0.25) is 0 Å². The van der Waals surface area contributed by atoms with Crippen LogP contribution in [0.1, 0.15) is 31.0 Å². The predicted molar refractivity (Wildman–Crippen MR) is 91.1 cm³/mol. The highest BCUT2D eigenvalue weighted by Crippen LogP contribution is 2.47. The van der Waals surface area contributed by atoms with E-state index in [4.69, 9.17) is 0 Å². The van der Waals surface area contributed by atoms with E-state index in [1.807, 2.05) is 0 Å². The SMILES string of the molecule is CN(C)c1ccccc1NC1c2ccccc2CC1(C)C. The molecular weight excluding hydrogens is 256 g/mol. The Morgan fingerprint density at radius 1 is 1.00 bits per heavy atom. The molecular formula is C19H24N2. The van der Waals surface area contributed by atoms with E-state index in [2.05, 4.69) is 86.7 Å². The minimum atomic E-state index is 0.225. The van der Waals surface area contributed by atoms with E-state index in [1.54, 1.807) is 0 Å². The molecule has 2 heteroatoms. The predicted octanol–water partition coefficient (Wildman–Crippen LogP) is 4.49. The number of anilines is 2. The summed E-state index contributed by atoms with van der Waals surface area (Å²) in [6.07, 6.45) is 1.13. The Morgan fingerprint density at radius 3 is 2.43 bits per heavy atom. The summed E-state index contributed by atoms with van der Waals surface area (Å²) in [6, 6.07) is 17.7. The van der Waals surface area contributed by atoms with Gasteiger partial charge in [0.05, 0.1) is 17.4 Å². The van der Waals surface area contributed by atoms with Gasteiger partial charge in [0.2, 0.25) is 0 Å². The first kappa shape index (κ1) is 14.0. The fourth-order valence-electron chi connectivity index (χ4n) is 3.40. The molecule has 2 aromatic carbocycles. The molecule has 21 heavy (non-hydrogen) atoms. The first-order valence-corrected chi connectivity index (χ1v) is 7.60. The van der Waals surface area contributed by atoms with Crippen molar-refractivity contribution in [1.82, 2.24) is 0 Å². The number of benzene rings is 2. The zero-order valence-corrected chi connectivity index (χ0v) is 13.4. The number of fused-ring (bicyclic) bond motifs is 1. The molecule has 0 aromatic heterocycles. The summed E-state index contributed by atoms with van der Waals surface area (Å²) in [6.45, 7) is 4.70. The minimum absolute atomic E-state index is 0.225. The number of nitrogens with zero attached hydrogens (tertiary/aromatic N) is 1. The van der Waals surface area contributed by atoms with Crippen molar-refractivity contribution >= 4 is 11.4 Å². The second-order valence-corrected chi connectivity index (χ2v) is 6.85. The van der Waals surface area contributed by atoms with E-state index in [-0.39, 0.29) is 5.41 Å². The molecule has 0 heterocycles. The quantitative estimate of drug-likeness (QED) is 0.891. The van der Waals surface area contributed by atoms with Crippen LogP contribution in [0.2, 0.25) is 0 Å². The van der Waals surface area contributed by atoms with E-state index in [0.717, 1.165) is 6.42 Å². The molecule has 1 aliphatic carbocycles. The summed E-state index contributed by atoms with van der Waals surface area (Å²) in [5, 5.41) is 3.80. The normalized spacial score (nSPS) is 19.1. The lowest BCUT2D eigenvalue weighted by molar-refractivity contribution is 0.337. The Hall–Kier alpha value is -1.96. The third-order valence-electron chi connectivity index (χ3n) is 4.48. The molecule has 1 atom stereocenters. The molecule has 0 radical (unpaired) electrons. The molecule has 0 fully saturated rings. The van der Waals surface area contributed by atoms with Crippen molar-refractivity contribution in [3.8, 4) is 0 Å². The van der Waals surface area contributed by atoms with Gasteiger partial charge in [-0.1, -0.05) is 50.2 Å². The Bertz CT molecular complexity index is 644. The van der Waals surface area contributed by atoms with Crippen molar-refractivity contribution in [3.63, 3.8) is 0 Å². The monoisotopic (exact) mass is 280 g/mol. The van der Waals surface area contributed by atoms with E-state index < -0.39 is 0 Å². The molecule has 110 valence electrons. The zero-order chi connectivity index (χ0) is 15.0. The van der Waals surface area contributed by atoms with Crippen molar-refractivity contribution in [2.75, 3.05) is 24.3 Å². The highest BCUT2D eigenvalue weighted by molar-refractivity contribution is 5.70. The molecule has 1 aliphatic rings. The molecule has 1 N–H and O–H groups in total. The van der Waals surface area contributed by atoms with Crippen LogP contribution in [0.15, 0.2) is 48.5 Å². The number of hydrogen-bond acceptors (Lipinski definition) is 2. The fraction of sp³-hybridized carbons (Fsp3) is 0.368. The molecule has 2 nitrogen and oxygen atoms in total. The van der Waals surface area contributed by atoms with Gasteiger partial charge in [0, 0.05) is 14.1 Å². The largest absolute Gasteiger partial charge is 0.376 e. The highest BCUT2D eigenvalue weighted by Gasteiger charge is 2.38. The van der Waals surface area contributed by atoms with Gasteiger partial charge in [-0.25, -0.2) is 0 Å². The number of para-hydroxylation sites is 2. The Balaban J connectivity index is 1.98. The molecule has 0 saturated heterocycles. The molecule has 0 bridgehead atoms. The smallest absolute Gasteiger partial charge is 0.0596 e.